The van der Waals surface area contributed by atoms with Crippen molar-refractivity contribution in [1.29, 1.82) is 0 Å². The van der Waals surface area contributed by atoms with Gasteiger partial charge in [-0.2, -0.15) is 0 Å². The Bertz CT molecular complexity index is 76.1. The van der Waals surface area contributed by atoms with E-state index in [1.807, 2.05) is 13.0 Å². The molecule has 0 fully saturated rings. The summed E-state index contributed by atoms with van der Waals surface area (Å²) in [6, 6.07) is 0. The predicted molar refractivity (Wildman–Crippen MR) is 34.0 cm³/mol. The van der Waals surface area contributed by atoms with E-state index < -0.39 is 0 Å². The van der Waals surface area contributed by atoms with Crippen molar-refractivity contribution in [2.75, 3.05) is 5.88 Å². The Morgan fingerprint density at radius 3 is 2.86 bits per heavy atom. The minimum atomic E-state index is 0.490. The quantitative estimate of drug-likeness (QED) is 0.387. The van der Waals surface area contributed by atoms with Gasteiger partial charge in [0, 0.05) is 12.4 Å². The molecular formula is C5H8ClN. The van der Waals surface area contributed by atoms with Crippen LogP contribution in [-0.2, 0) is 0 Å². The molecular weight excluding hydrogens is 110 g/mol. The van der Waals surface area contributed by atoms with E-state index in [0.717, 1.165) is 0 Å². The van der Waals surface area contributed by atoms with Crippen LogP contribution in [0.25, 0.3) is 0 Å². The van der Waals surface area contributed by atoms with Gasteiger partial charge in [0.15, 0.2) is 0 Å². The summed E-state index contributed by atoms with van der Waals surface area (Å²) in [6.45, 7) is 1.91. The standard InChI is InChI=1S/C5H8ClN/c1-2-4-7-5-3-6/h2,4-5H,3H2,1H3/b4-2-,7-5?. The molecule has 2 heteroatoms. The number of nitrogens with zero attached hydrogens (tertiary/aromatic N) is 1. The summed E-state index contributed by atoms with van der Waals surface area (Å²) >= 11 is 5.25. The molecule has 0 aromatic carbocycles. The van der Waals surface area contributed by atoms with E-state index in [9.17, 15) is 0 Å². The van der Waals surface area contributed by atoms with Crippen LogP contribution in [0.2, 0.25) is 0 Å². The first-order valence-electron chi connectivity index (χ1n) is 2.10. The van der Waals surface area contributed by atoms with Crippen LogP contribution in [0.15, 0.2) is 17.3 Å². The van der Waals surface area contributed by atoms with Crippen LogP contribution in [0.5, 0.6) is 0 Å². The average Bonchev–Trinajstić information content (AvgIpc) is 1.69. The fourth-order valence-corrected chi connectivity index (χ4v) is 0.266. The molecule has 0 aromatic rings. The Hall–Kier alpha value is -0.300. The van der Waals surface area contributed by atoms with E-state index in [4.69, 9.17) is 11.6 Å². The second-order valence-corrected chi connectivity index (χ2v) is 1.28. The summed E-state index contributed by atoms with van der Waals surface area (Å²) < 4.78 is 0. The van der Waals surface area contributed by atoms with E-state index in [2.05, 4.69) is 4.99 Å². The fraction of sp³-hybridized carbons (Fsp3) is 0.400. The molecule has 0 rings (SSSR count). The van der Waals surface area contributed by atoms with Gasteiger partial charge in [-0.15, -0.1) is 11.6 Å². The summed E-state index contributed by atoms with van der Waals surface area (Å²) in [5.74, 6) is 0.490. The third kappa shape index (κ3) is 5.70. The monoisotopic (exact) mass is 117 g/mol. The molecule has 0 saturated carbocycles. The van der Waals surface area contributed by atoms with E-state index in [1.165, 1.54) is 0 Å². The Morgan fingerprint density at radius 1 is 1.71 bits per heavy atom. The first-order chi connectivity index (χ1) is 3.41. The zero-order valence-corrected chi connectivity index (χ0v) is 5.02. The molecule has 7 heavy (non-hydrogen) atoms. The number of halogens is 1. The van der Waals surface area contributed by atoms with Crippen molar-refractivity contribution in [2.24, 2.45) is 4.99 Å². The summed E-state index contributed by atoms with van der Waals surface area (Å²) in [4.78, 5) is 3.77. The molecule has 0 bridgehead atoms. The molecule has 0 N–H and O–H groups in total. The topological polar surface area (TPSA) is 12.4 Å². The third-order valence-electron chi connectivity index (χ3n) is 0.410. The van der Waals surface area contributed by atoms with Crippen LogP contribution in [0.4, 0.5) is 0 Å². The lowest BCUT2D eigenvalue weighted by Gasteiger charge is -1.69. The van der Waals surface area contributed by atoms with Crippen LogP contribution in [0.3, 0.4) is 0 Å². The fourth-order valence-electron chi connectivity index (χ4n) is 0.187. The summed E-state index contributed by atoms with van der Waals surface area (Å²) in [5, 5.41) is 0. The summed E-state index contributed by atoms with van der Waals surface area (Å²) in [5.41, 5.74) is 0. The molecule has 0 aliphatic carbocycles. The number of rotatable bonds is 2. The van der Waals surface area contributed by atoms with Crippen LogP contribution in [-0.4, -0.2) is 12.1 Å². The molecule has 0 spiro atoms. The molecule has 0 saturated heterocycles. The van der Waals surface area contributed by atoms with Crippen LogP contribution in [0, 0.1) is 0 Å². The number of hydrogen-bond donors (Lipinski definition) is 0. The lowest BCUT2D eigenvalue weighted by molar-refractivity contribution is 1.54. The van der Waals surface area contributed by atoms with Gasteiger partial charge in [0.25, 0.3) is 0 Å². The Balaban J connectivity index is 3.09. The van der Waals surface area contributed by atoms with E-state index >= 15 is 0 Å². The van der Waals surface area contributed by atoms with Crippen molar-refractivity contribution in [3.05, 3.63) is 12.3 Å². The number of allylic oxidation sites excluding steroid dienone is 1. The number of alkyl halides is 1. The normalized spacial score (nSPS) is 11.7. The molecule has 0 radical (unpaired) electrons. The van der Waals surface area contributed by atoms with Crippen molar-refractivity contribution in [1.82, 2.24) is 0 Å². The minimum Gasteiger partial charge on any atom is -0.268 e. The number of hydrogen-bond acceptors (Lipinski definition) is 1. The lowest BCUT2D eigenvalue weighted by Crippen LogP contribution is -1.67. The lowest BCUT2D eigenvalue weighted by atomic mass is 10.7. The molecule has 0 atom stereocenters. The SMILES string of the molecule is C/C=C\N=CCCl. The maximum Gasteiger partial charge on any atom is 0.0577 e. The van der Waals surface area contributed by atoms with Crippen LogP contribution >= 0.6 is 11.6 Å². The molecule has 40 valence electrons. The molecule has 1 nitrogen and oxygen atoms in total. The average molecular weight is 118 g/mol. The Labute approximate surface area is 48.7 Å². The zero-order chi connectivity index (χ0) is 5.54. The van der Waals surface area contributed by atoms with Crippen molar-refractivity contribution in [2.45, 2.75) is 6.92 Å². The number of aliphatic imine (C=N–C) groups is 1. The van der Waals surface area contributed by atoms with Crippen molar-refractivity contribution in [3.63, 3.8) is 0 Å². The molecule has 0 aromatic heterocycles. The van der Waals surface area contributed by atoms with Gasteiger partial charge >= 0.3 is 0 Å². The second kappa shape index (κ2) is 5.70. The molecule has 0 aliphatic rings. The van der Waals surface area contributed by atoms with E-state index in [-0.39, 0.29) is 0 Å². The van der Waals surface area contributed by atoms with Crippen LogP contribution in [0.1, 0.15) is 6.92 Å². The first kappa shape index (κ1) is 6.70. The zero-order valence-electron chi connectivity index (χ0n) is 4.26. The summed E-state index contributed by atoms with van der Waals surface area (Å²) in [7, 11) is 0. The van der Waals surface area contributed by atoms with Gasteiger partial charge in [0.05, 0.1) is 5.88 Å². The van der Waals surface area contributed by atoms with Crippen molar-refractivity contribution < 1.29 is 0 Å². The Morgan fingerprint density at radius 2 is 2.43 bits per heavy atom. The predicted octanol–water partition coefficient (Wildman–Crippen LogP) is 1.83. The van der Waals surface area contributed by atoms with Gasteiger partial charge in [0.2, 0.25) is 0 Å². The van der Waals surface area contributed by atoms with Crippen molar-refractivity contribution >= 4 is 17.8 Å². The first-order valence-corrected chi connectivity index (χ1v) is 2.64. The smallest absolute Gasteiger partial charge is 0.0577 e. The molecule has 0 heterocycles. The third-order valence-corrected chi connectivity index (χ3v) is 0.548. The highest BCUT2D eigenvalue weighted by Gasteiger charge is 1.60. The van der Waals surface area contributed by atoms with E-state index in [0.29, 0.717) is 5.88 Å². The van der Waals surface area contributed by atoms with Gasteiger partial charge in [-0.1, -0.05) is 6.08 Å². The second-order valence-electron chi connectivity index (χ2n) is 0.968. The van der Waals surface area contributed by atoms with Crippen LogP contribution < -0.4 is 0 Å². The van der Waals surface area contributed by atoms with Gasteiger partial charge in [-0.3, -0.25) is 4.99 Å². The minimum absolute atomic E-state index is 0.490. The van der Waals surface area contributed by atoms with E-state index in [1.54, 1.807) is 12.4 Å². The largest absolute Gasteiger partial charge is 0.268 e. The summed E-state index contributed by atoms with van der Waals surface area (Å²) in [6.07, 6.45) is 5.19. The molecule has 0 amide bonds. The van der Waals surface area contributed by atoms with Crippen molar-refractivity contribution in [3.8, 4) is 0 Å². The highest BCUT2D eigenvalue weighted by molar-refractivity contribution is 6.24. The highest BCUT2D eigenvalue weighted by Crippen LogP contribution is 1.72. The van der Waals surface area contributed by atoms with Gasteiger partial charge in [-0.25, -0.2) is 0 Å². The Kier molecular flexibility index (Phi) is 5.46. The van der Waals surface area contributed by atoms with Gasteiger partial charge in [-0.05, 0) is 6.92 Å². The maximum absolute atomic E-state index is 5.25. The highest BCUT2D eigenvalue weighted by atomic mass is 35.5. The molecule has 0 aliphatic heterocycles. The van der Waals surface area contributed by atoms with Gasteiger partial charge < -0.3 is 0 Å². The molecule has 0 unspecified atom stereocenters. The van der Waals surface area contributed by atoms with Gasteiger partial charge in [0.1, 0.15) is 0 Å². The maximum atomic E-state index is 5.25.